The highest BCUT2D eigenvalue weighted by atomic mass is 19.4. The summed E-state index contributed by atoms with van der Waals surface area (Å²) in [6, 6.07) is 1.45. The SMILES string of the molecule is CNc1nc(C(F)(F)F)c(C#N)c(C)c1C(C)=O. The molecule has 1 heterocycles. The normalized spacial score (nSPS) is 10.9. The maximum Gasteiger partial charge on any atom is 0.434 e. The van der Waals surface area contributed by atoms with Gasteiger partial charge in [-0.3, -0.25) is 4.79 Å². The summed E-state index contributed by atoms with van der Waals surface area (Å²) in [5, 5.41) is 11.3. The highest BCUT2D eigenvalue weighted by Gasteiger charge is 2.38. The highest BCUT2D eigenvalue weighted by Crippen LogP contribution is 2.34. The van der Waals surface area contributed by atoms with Crippen LogP contribution >= 0.6 is 0 Å². The molecular weight excluding hydrogens is 247 g/mol. The molecule has 0 aliphatic rings. The highest BCUT2D eigenvalue weighted by molar-refractivity contribution is 6.00. The van der Waals surface area contributed by atoms with Crippen molar-refractivity contribution in [1.82, 2.24) is 4.98 Å². The molecule has 0 bridgehead atoms. The van der Waals surface area contributed by atoms with Gasteiger partial charge in [0.1, 0.15) is 11.9 Å². The molecule has 0 aliphatic heterocycles. The number of hydrogen-bond acceptors (Lipinski definition) is 4. The van der Waals surface area contributed by atoms with Gasteiger partial charge < -0.3 is 5.32 Å². The molecule has 0 radical (unpaired) electrons. The van der Waals surface area contributed by atoms with E-state index in [-0.39, 0.29) is 16.9 Å². The third-order valence-corrected chi connectivity index (χ3v) is 2.42. The number of anilines is 1. The van der Waals surface area contributed by atoms with Gasteiger partial charge in [0.2, 0.25) is 0 Å². The third kappa shape index (κ3) is 2.27. The van der Waals surface area contributed by atoms with Gasteiger partial charge in [0.15, 0.2) is 11.5 Å². The fraction of sp³-hybridized carbons (Fsp3) is 0.364. The summed E-state index contributed by atoms with van der Waals surface area (Å²) < 4.78 is 38.2. The van der Waals surface area contributed by atoms with Crippen molar-refractivity contribution < 1.29 is 18.0 Å². The van der Waals surface area contributed by atoms with E-state index in [1.165, 1.54) is 27.0 Å². The number of pyridine rings is 1. The second-order valence-electron chi connectivity index (χ2n) is 3.60. The molecule has 1 N–H and O–H groups in total. The van der Waals surface area contributed by atoms with Crippen molar-refractivity contribution in [1.29, 1.82) is 5.26 Å². The Bertz CT molecular complexity index is 544. The summed E-state index contributed by atoms with van der Waals surface area (Å²) >= 11 is 0. The first-order valence-corrected chi connectivity index (χ1v) is 4.94. The number of hydrogen-bond donors (Lipinski definition) is 1. The minimum absolute atomic E-state index is 0.00190. The molecule has 18 heavy (non-hydrogen) atoms. The van der Waals surface area contributed by atoms with Crippen LogP contribution in [0.15, 0.2) is 0 Å². The van der Waals surface area contributed by atoms with E-state index in [1.54, 1.807) is 0 Å². The van der Waals surface area contributed by atoms with Crippen LogP contribution in [0.1, 0.15) is 34.1 Å². The third-order valence-electron chi connectivity index (χ3n) is 2.42. The zero-order chi connectivity index (χ0) is 14.1. The quantitative estimate of drug-likeness (QED) is 0.827. The lowest BCUT2D eigenvalue weighted by Crippen LogP contribution is -2.17. The van der Waals surface area contributed by atoms with E-state index in [9.17, 15) is 18.0 Å². The van der Waals surface area contributed by atoms with Crippen LogP contribution in [0, 0.1) is 18.3 Å². The average molecular weight is 257 g/mol. The summed E-state index contributed by atoms with van der Waals surface area (Å²) in [6.45, 7) is 2.51. The zero-order valence-corrected chi connectivity index (χ0v) is 9.94. The standard InChI is InChI=1S/C11H10F3N3O/c1-5-7(4-15)9(11(12,13)14)17-10(16-3)8(5)6(2)18/h1-3H3,(H,16,17). The van der Waals surface area contributed by atoms with Crippen molar-refractivity contribution in [2.24, 2.45) is 0 Å². The van der Waals surface area contributed by atoms with Crippen LogP contribution in [0.4, 0.5) is 19.0 Å². The lowest BCUT2D eigenvalue weighted by molar-refractivity contribution is -0.141. The Labute approximate surface area is 101 Å². The van der Waals surface area contributed by atoms with E-state index in [2.05, 4.69) is 10.3 Å². The van der Waals surface area contributed by atoms with Crippen LogP contribution in [-0.4, -0.2) is 17.8 Å². The molecule has 4 nitrogen and oxygen atoms in total. The molecule has 1 rings (SSSR count). The first-order chi connectivity index (χ1) is 8.23. The van der Waals surface area contributed by atoms with E-state index in [0.29, 0.717) is 0 Å². The molecule has 0 aliphatic carbocycles. The van der Waals surface area contributed by atoms with Gasteiger partial charge in [-0.05, 0) is 19.4 Å². The van der Waals surface area contributed by atoms with Crippen molar-refractivity contribution >= 4 is 11.6 Å². The molecule has 0 spiro atoms. The molecule has 7 heteroatoms. The van der Waals surface area contributed by atoms with E-state index < -0.39 is 23.2 Å². The van der Waals surface area contributed by atoms with Crippen LogP contribution in [0.5, 0.6) is 0 Å². The molecule has 0 amide bonds. The number of nitriles is 1. The summed E-state index contributed by atoms with van der Waals surface area (Å²) in [4.78, 5) is 14.7. The van der Waals surface area contributed by atoms with E-state index in [1.807, 2.05) is 0 Å². The molecule has 0 saturated carbocycles. The number of carbonyl (C=O) groups excluding carboxylic acids is 1. The first-order valence-electron chi connectivity index (χ1n) is 4.94. The summed E-state index contributed by atoms with van der Waals surface area (Å²) in [7, 11) is 1.36. The first kappa shape index (κ1) is 14.0. The molecule has 0 atom stereocenters. The van der Waals surface area contributed by atoms with E-state index in [0.717, 1.165) is 0 Å². The lowest BCUT2D eigenvalue weighted by atomic mass is 9.99. The number of alkyl halides is 3. The van der Waals surface area contributed by atoms with Crippen LogP contribution in [0.3, 0.4) is 0 Å². The maximum atomic E-state index is 12.7. The number of aromatic nitrogens is 1. The lowest BCUT2D eigenvalue weighted by Gasteiger charge is -2.15. The van der Waals surface area contributed by atoms with E-state index in [4.69, 9.17) is 5.26 Å². The number of ketones is 1. The summed E-state index contributed by atoms with van der Waals surface area (Å²) in [5.74, 6) is -0.624. The molecule has 0 fully saturated rings. The maximum absolute atomic E-state index is 12.7. The van der Waals surface area contributed by atoms with E-state index >= 15 is 0 Å². The molecule has 1 aromatic rings. The molecule has 1 aromatic heterocycles. The van der Waals surface area contributed by atoms with Crippen LogP contribution in [-0.2, 0) is 6.18 Å². The number of carbonyl (C=O) groups is 1. The van der Waals surface area contributed by atoms with Gasteiger partial charge in [0.05, 0.1) is 11.1 Å². The zero-order valence-electron chi connectivity index (χ0n) is 9.94. The van der Waals surface area contributed by atoms with Crippen LogP contribution < -0.4 is 5.32 Å². The topological polar surface area (TPSA) is 65.8 Å². The predicted octanol–water partition coefficient (Wildman–Crippen LogP) is 2.52. The largest absolute Gasteiger partial charge is 0.434 e. The molecule has 96 valence electrons. The molecule has 0 saturated heterocycles. The average Bonchev–Trinajstić information content (AvgIpc) is 2.25. The van der Waals surface area contributed by atoms with Gasteiger partial charge in [-0.2, -0.15) is 18.4 Å². The number of nitrogens with zero attached hydrogens (tertiary/aromatic N) is 2. The predicted molar refractivity (Wildman–Crippen MR) is 58.2 cm³/mol. The van der Waals surface area contributed by atoms with Gasteiger partial charge in [-0.1, -0.05) is 0 Å². The van der Waals surface area contributed by atoms with Gasteiger partial charge in [-0.15, -0.1) is 0 Å². The van der Waals surface area contributed by atoms with Crippen molar-refractivity contribution in [2.75, 3.05) is 12.4 Å². The fourth-order valence-corrected chi connectivity index (χ4v) is 1.66. The second-order valence-corrected chi connectivity index (χ2v) is 3.60. The Morgan fingerprint density at radius 2 is 2.00 bits per heavy atom. The monoisotopic (exact) mass is 257 g/mol. The Morgan fingerprint density at radius 3 is 2.33 bits per heavy atom. The molecule has 0 aromatic carbocycles. The van der Waals surface area contributed by atoms with Gasteiger partial charge in [0.25, 0.3) is 0 Å². The Morgan fingerprint density at radius 1 is 1.44 bits per heavy atom. The van der Waals surface area contributed by atoms with Crippen molar-refractivity contribution in [3.05, 3.63) is 22.4 Å². The van der Waals surface area contributed by atoms with Crippen molar-refractivity contribution in [3.63, 3.8) is 0 Å². The van der Waals surface area contributed by atoms with Crippen molar-refractivity contribution in [2.45, 2.75) is 20.0 Å². The number of halogens is 3. The molecular formula is C11H10F3N3O. The van der Waals surface area contributed by atoms with Crippen LogP contribution in [0.2, 0.25) is 0 Å². The van der Waals surface area contributed by atoms with Gasteiger partial charge in [0, 0.05) is 7.05 Å². The number of rotatable bonds is 2. The Balaban J connectivity index is 3.76. The van der Waals surface area contributed by atoms with Gasteiger partial charge >= 0.3 is 6.18 Å². The van der Waals surface area contributed by atoms with Gasteiger partial charge in [-0.25, -0.2) is 4.98 Å². The fourth-order valence-electron chi connectivity index (χ4n) is 1.66. The van der Waals surface area contributed by atoms with Crippen LogP contribution in [0.25, 0.3) is 0 Å². The number of Topliss-reactive ketones (excluding diaryl/α,β-unsaturated/α-hetero) is 1. The molecule has 0 unspecified atom stereocenters. The minimum Gasteiger partial charge on any atom is -0.373 e. The summed E-state index contributed by atoms with van der Waals surface area (Å²) in [6.07, 6.45) is -4.74. The minimum atomic E-state index is -4.74. The summed E-state index contributed by atoms with van der Waals surface area (Å²) in [5.41, 5.74) is -1.91. The van der Waals surface area contributed by atoms with Crippen molar-refractivity contribution in [3.8, 4) is 6.07 Å². The smallest absolute Gasteiger partial charge is 0.373 e. The second kappa shape index (κ2) is 4.64. The Hall–Kier alpha value is -2.10. The number of nitrogens with one attached hydrogen (secondary N) is 1. The Kier molecular flexibility index (Phi) is 3.60.